The Morgan fingerprint density at radius 1 is 0.907 bits per heavy atom. The van der Waals surface area contributed by atoms with Crippen LogP contribution in [0.4, 0.5) is 0 Å². The molecule has 4 saturated carbocycles. The zero-order valence-electron chi connectivity index (χ0n) is 28.6. The van der Waals surface area contributed by atoms with E-state index in [9.17, 15) is 9.90 Å². The molecule has 250 valence electrons. The summed E-state index contributed by atoms with van der Waals surface area (Å²) in [4.78, 5) is 14.9. The lowest BCUT2D eigenvalue weighted by molar-refractivity contribution is -0.167. The van der Waals surface area contributed by atoms with Gasteiger partial charge in [0.2, 0.25) is 5.91 Å². The monoisotopic (exact) mass is 604 g/mol. The second-order valence-electron chi connectivity index (χ2n) is 16.2. The van der Waals surface area contributed by atoms with Crippen LogP contribution in [0.1, 0.15) is 118 Å². The smallest absolute Gasteiger partial charge is 0.220 e. The van der Waals surface area contributed by atoms with Crippen molar-refractivity contribution in [2.75, 3.05) is 39.3 Å². The molecule has 0 radical (unpaired) electrons. The first-order valence-corrected chi connectivity index (χ1v) is 18.4. The minimum Gasteiger partial charge on any atom is -0.393 e. The third-order valence-corrected chi connectivity index (χ3v) is 13.2. The lowest BCUT2D eigenvalue weighted by Gasteiger charge is -2.62. The molecule has 7 N–H and O–H groups in total. The zero-order valence-corrected chi connectivity index (χ0v) is 28.6. The number of aliphatic hydroxyl groups excluding tert-OH is 1. The topological polar surface area (TPSA) is 117 Å². The molecule has 0 saturated heterocycles. The van der Waals surface area contributed by atoms with Crippen molar-refractivity contribution >= 4 is 5.91 Å². The number of nitrogens with one attached hydrogen (secondary N) is 2. The molecule has 0 aromatic heterocycles. The summed E-state index contributed by atoms with van der Waals surface area (Å²) in [6.45, 7) is 17.5. The van der Waals surface area contributed by atoms with Gasteiger partial charge < -0.3 is 32.1 Å². The lowest BCUT2D eigenvalue weighted by Crippen LogP contribution is -2.59. The highest BCUT2D eigenvalue weighted by Gasteiger charge is 2.62. The predicted molar refractivity (Wildman–Crippen MR) is 178 cm³/mol. The van der Waals surface area contributed by atoms with Crippen LogP contribution in [0.5, 0.6) is 0 Å². The Kier molecular flexibility index (Phi) is 12.8. The van der Waals surface area contributed by atoms with Gasteiger partial charge in [0.15, 0.2) is 0 Å². The fraction of sp³-hybridized carbons (Fsp3) is 0.972. The highest BCUT2D eigenvalue weighted by atomic mass is 16.3. The highest BCUT2D eigenvalue weighted by Crippen LogP contribution is 2.68. The van der Waals surface area contributed by atoms with Crippen LogP contribution in [0.2, 0.25) is 0 Å². The summed E-state index contributed by atoms with van der Waals surface area (Å²) in [7, 11) is 0. The summed E-state index contributed by atoms with van der Waals surface area (Å²) in [5.74, 6) is 3.80. The van der Waals surface area contributed by atoms with E-state index in [1.807, 2.05) is 13.8 Å². The number of hydrogen-bond acceptors (Lipinski definition) is 6. The van der Waals surface area contributed by atoms with Crippen LogP contribution in [0.3, 0.4) is 0 Å². The Morgan fingerprint density at radius 3 is 2.23 bits per heavy atom. The number of hydrogen-bond donors (Lipinski definition) is 5. The summed E-state index contributed by atoms with van der Waals surface area (Å²) in [6, 6.07) is 0.797. The van der Waals surface area contributed by atoms with E-state index in [0.717, 1.165) is 65.0 Å². The Labute approximate surface area is 264 Å². The van der Waals surface area contributed by atoms with Gasteiger partial charge in [-0.15, -0.1) is 0 Å². The van der Waals surface area contributed by atoms with Gasteiger partial charge in [-0.3, -0.25) is 4.79 Å². The average Bonchev–Trinajstić information content (AvgIpc) is 3.32. The van der Waals surface area contributed by atoms with Crippen LogP contribution in [0.25, 0.3) is 0 Å². The number of amides is 1. The summed E-state index contributed by atoms with van der Waals surface area (Å²) >= 11 is 0. The Balaban J connectivity index is 1.30. The fourth-order valence-corrected chi connectivity index (χ4v) is 10.9. The lowest BCUT2D eigenvalue weighted by atomic mass is 9.43. The van der Waals surface area contributed by atoms with Gasteiger partial charge >= 0.3 is 0 Å². The van der Waals surface area contributed by atoms with Crippen LogP contribution in [-0.4, -0.2) is 73.4 Å². The molecule has 7 nitrogen and oxygen atoms in total. The first-order valence-electron chi connectivity index (χ1n) is 18.4. The third-order valence-electron chi connectivity index (χ3n) is 13.2. The van der Waals surface area contributed by atoms with Crippen molar-refractivity contribution in [1.82, 2.24) is 15.5 Å². The van der Waals surface area contributed by atoms with Crippen molar-refractivity contribution in [2.24, 2.45) is 57.8 Å². The second kappa shape index (κ2) is 15.7. The number of fused-ring (bicyclic) bond motifs is 5. The molecule has 0 bridgehead atoms. The second-order valence-corrected chi connectivity index (χ2v) is 16.2. The number of nitrogens with zero attached hydrogens (tertiary/aromatic N) is 1. The molecule has 43 heavy (non-hydrogen) atoms. The largest absolute Gasteiger partial charge is 0.393 e. The molecule has 0 aliphatic heterocycles. The molecule has 0 aromatic rings. The molecule has 4 rings (SSSR count). The SMILES string of the molecule is CC(C)NC(=O)CC[C@@H](C)C1CCC2C3C(CC[C@@]21C)[C@@]1(C)CC[C@H](NCCCN(CCCN)CCCN)CC1C[C@H]3O. The maximum Gasteiger partial charge on any atom is 0.220 e. The predicted octanol–water partition coefficient (Wildman–Crippen LogP) is 4.90. The van der Waals surface area contributed by atoms with Gasteiger partial charge in [-0.2, -0.15) is 0 Å². The molecule has 7 heteroatoms. The Morgan fingerprint density at radius 2 is 1.56 bits per heavy atom. The normalized spacial score (nSPS) is 38.0. The third kappa shape index (κ3) is 8.17. The van der Waals surface area contributed by atoms with Crippen LogP contribution in [0.15, 0.2) is 0 Å². The van der Waals surface area contributed by atoms with Crippen molar-refractivity contribution in [3.8, 4) is 0 Å². The van der Waals surface area contributed by atoms with Crippen molar-refractivity contribution < 1.29 is 9.90 Å². The van der Waals surface area contributed by atoms with Gasteiger partial charge in [0.25, 0.3) is 0 Å². The maximum absolute atomic E-state index is 12.4. The summed E-state index contributed by atoms with van der Waals surface area (Å²) in [5.41, 5.74) is 12.2. The molecule has 4 fully saturated rings. The van der Waals surface area contributed by atoms with Crippen molar-refractivity contribution in [3.63, 3.8) is 0 Å². The van der Waals surface area contributed by atoms with E-state index >= 15 is 0 Å². The number of aliphatic hydroxyl groups is 1. The molecule has 5 unspecified atom stereocenters. The molecular weight excluding hydrogens is 534 g/mol. The van der Waals surface area contributed by atoms with E-state index in [4.69, 9.17) is 11.5 Å². The molecule has 0 heterocycles. The van der Waals surface area contributed by atoms with Crippen LogP contribution >= 0.6 is 0 Å². The quantitative estimate of drug-likeness (QED) is 0.160. The fourth-order valence-electron chi connectivity index (χ4n) is 10.9. The van der Waals surface area contributed by atoms with E-state index in [-0.39, 0.29) is 18.1 Å². The molecule has 10 atom stereocenters. The molecule has 4 aliphatic carbocycles. The van der Waals surface area contributed by atoms with E-state index in [1.54, 1.807) is 0 Å². The van der Waals surface area contributed by atoms with E-state index in [0.29, 0.717) is 58.8 Å². The Hall–Kier alpha value is -0.730. The van der Waals surface area contributed by atoms with E-state index < -0.39 is 0 Å². The van der Waals surface area contributed by atoms with Crippen molar-refractivity contribution in [2.45, 2.75) is 136 Å². The summed E-state index contributed by atoms with van der Waals surface area (Å²) in [6.07, 6.45) is 14.6. The molecular formula is C36H69N5O2. The van der Waals surface area contributed by atoms with Gasteiger partial charge in [0.1, 0.15) is 0 Å². The minimum absolute atomic E-state index is 0.157. The van der Waals surface area contributed by atoms with Crippen molar-refractivity contribution in [1.29, 1.82) is 0 Å². The molecule has 0 aromatic carbocycles. The zero-order chi connectivity index (χ0) is 31.2. The standard InChI is InChI=1S/C36H69N5O2/c1-25(2)40-33(43)12-9-26(3)29-10-11-30-34-31(14-16-36(29,30)5)35(4)15-13-28(23-27(35)24-32(34)42)39-19-8-22-41(20-6-17-37)21-7-18-38/h25-32,34,39,42H,6-24,37-38H2,1-5H3,(H,40,43)/t26-,27?,28+,29?,30?,31?,32-,34?,35+,36-/m1/s1. The maximum atomic E-state index is 12.4. The van der Waals surface area contributed by atoms with Gasteiger partial charge in [-0.25, -0.2) is 0 Å². The number of carbonyl (C=O) groups excluding carboxylic acids is 1. The van der Waals surface area contributed by atoms with Gasteiger partial charge in [0, 0.05) is 18.5 Å². The summed E-state index contributed by atoms with van der Waals surface area (Å²) < 4.78 is 0. The van der Waals surface area contributed by atoms with Crippen molar-refractivity contribution in [3.05, 3.63) is 0 Å². The van der Waals surface area contributed by atoms with Crippen LogP contribution < -0.4 is 22.1 Å². The first kappa shape index (κ1) is 35.1. The van der Waals surface area contributed by atoms with Crippen LogP contribution in [0, 0.1) is 46.3 Å². The first-order chi connectivity index (χ1) is 20.5. The molecule has 0 spiro atoms. The van der Waals surface area contributed by atoms with E-state index in [2.05, 4.69) is 36.3 Å². The van der Waals surface area contributed by atoms with Crippen LogP contribution in [-0.2, 0) is 4.79 Å². The van der Waals surface area contributed by atoms with E-state index in [1.165, 1.54) is 51.4 Å². The number of nitrogens with two attached hydrogens (primary N) is 2. The minimum atomic E-state index is -0.157. The number of carbonyl (C=O) groups is 1. The summed E-state index contributed by atoms with van der Waals surface area (Å²) in [5, 5.41) is 18.8. The average molecular weight is 604 g/mol. The highest BCUT2D eigenvalue weighted by molar-refractivity contribution is 5.76. The number of rotatable bonds is 16. The molecule has 4 aliphatic rings. The Bertz CT molecular complexity index is 863. The van der Waals surface area contributed by atoms with Gasteiger partial charge in [-0.1, -0.05) is 20.8 Å². The van der Waals surface area contributed by atoms with Gasteiger partial charge in [0.05, 0.1) is 6.10 Å². The molecule has 1 amide bonds. The van der Waals surface area contributed by atoms with Gasteiger partial charge in [-0.05, 0) is 177 Å².